The molecule has 0 bridgehead atoms. The van der Waals surface area contributed by atoms with E-state index in [1.165, 1.54) is 6.92 Å². The van der Waals surface area contributed by atoms with Crippen LogP contribution < -0.4 is 16.0 Å². The molecule has 1 amide bonds. The number of rotatable bonds is 6. The Balaban J connectivity index is 3.33. The Kier molecular flexibility index (Phi) is 7.25. The molecular formula is C8H15N3O3S. The Morgan fingerprint density at radius 2 is 1.67 bits per heavy atom. The van der Waals surface area contributed by atoms with Gasteiger partial charge in [0, 0.05) is 26.6 Å². The van der Waals surface area contributed by atoms with E-state index in [0.717, 1.165) is 0 Å². The third-order valence-corrected chi connectivity index (χ3v) is 1.70. The van der Waals surface area contributed by atoms with Crippen molar-refractivity contribution in [2.24, 2.45) is 0 Å². The molecule has 0 aromatic carbocycles. The van der Waals surface area contributed by atoms with E-state index in [1.54, 1.807) is 0 Å². The van der Waals surface area contributed by atoms with Gasteiger partial charge < -0.3 is 21.1 Å². The molecular weight excluding hydrogens is 218 g/mol. The number of aliphatic carboxylic acids is 1. The highest BCUT2D eigenvalue weighted by Crippen LogP contribution is 1.75. The summed E-state index contributed by atoms with van der Waals surface area (Å²) in [5.74, 6) is -0.967. The lowest BCUT2D eigenvalue weighted by molar-refractivity contribution is -0.136. The highest BCUT2D eigenvalue weighted by Gasteiger charge is 1.98. The monoisotopic (exact) mass is 233 g/mol. The van der Waals surface area contributed by atoms with E-state index in [0.29, 0.717) is 24.7 Å². The van der Waals surface area contributed by atoms with E-state index in [9.17, 15) is 9.59 Å². The van der Waals surface area contributed by atoms with Gasteiger partial charge in [-0.05, 0) is 12.2 Å². The zero-order chi connectivity index (χ0) is 11.7. The highest BCUT2D eigenvalue weighted by molar-refractivity contribution is 7.80. The molecule has 0 aliphatic carbocycles. The predicted molar refractivity (Wildman–Crippen MR) is 59.5 cm³/mol. The topological polar surface area (TPSA) is 90.5 Å². The van der Waals surface area contributed by atoms with Gasteiger partial charge in [-0.3, -0.25) is 9.59 Å². The molecule has 0 unspecified atom stereocenters. The van der Waals surface area contributed by atoms with Gasteiger partial charge in [0.25, 0.3) is 0 Å². The van der Waals surface area contributed by atoms with Crippen LogP contribution in [0.4, 0.5) is 0 Å². The first-order valence-corrected chi connectivity index (χ1v) is 4.91. The molecule has 15 heavy (non-hydrogen) atoms. The smallest absolute Gasteiger partial charge is 0.305 e. The van der Waals surface area contributed by atoms with Crippen molar-refractivity contribution in [1.82, 2.24) is 16.0 Å². The molecule has 86 valence electrons. The summed E-state index contributed by atoms with van der Waals surface area (Å²) in [5.41, 5.74) is 0. The minimum absolute atomic E-state index is 0.0213. The number of nitrogens with one attached hydrogen (secondary N) is 3. The molecule has 0 aromatic heterocycles. The maximum Gasteiger partial charge on any atom is 0.305 e. The number of carboxylic acid groups (broad SMARTS) is 1. The van der Waals surface area contributed by atoms with Gasteiger partial charge in [0.1, 0.15) is 0 Å². The van der Waals surface area contributed by atoms with Crippen molar-refractivity contribution in [3.63, 3.8) is 0 Å². The summed E-state index contributed by atoms with van der Waals surface area (Å²) in [6.07, 6.45) is 0.0213. The van der Waals surface area contributed by atoms with E-state index in [2.05, 4.69) is 16.0 Å². The van der Waals surface area contributed by atoms with E-state index in [1.807, 2.05) is 0 Å². The molecule has 4 N–H and O–H groups in total. The summed E-state index contributed by atoms with van der Waals surface area (Å²) >= 11 is 4.86. The fourth-order valence-electron chi connectivity index (χ4n) is 0.760. The lowest BCUT2D eigenvalue weighted by Gasteiger charge is -2.09. The average Bonchev–Trinajstić information content (AvgIpc) is 2.11. The summed E-state index contributed by atoms with van der Waals surface area (Å²) in [6, 6.07) is 0. The quantitative estimate of drug-likeness (QED) is 0.350. The SMILES string of the molecule is CC(=O)NCCNC(=S)NCCC(=O)O. The van der Waals surface area contributed by atoms with Crippen LogP contribution in [0.3, 0.4) is 0 Å². The minimum atomic E-state index is -0.872. The molecule has 6 nitrogen and oxygen atoms in total. The van der Waals surface area contributed by atoms with Gasteiger partial charge in [-0.25, -0.2) is 0 Å². The van der Waals surface area contributed by atoms with Crippen LogP contribution in [0.25, 0.3) is 0 Å². The number of thiocarbonyl (C=S) groups is 1. The van der Waals surface area contributed by atoms with Crippen molar-refractivity contribution in [3.8, 4) is 0 Å². The van der Waals surface area contributed by atoms with Gasteiger partial charge >= 0.3 is 5.97 Å². The Morgan fingerprint density at radius 1 is 1.13 bits per heavy atom. The van der Waals surface area contributed by atoms with Gasteiger partial charge in [-0.1, -0.05) is 0 Å². The van der Waals surface area contributed by atoms with Crippen LogP contribution in [-0.4, -0.2) is 41.7 Å². The number of hydrogen-bond donors (Lipinski definition) is 4. The van der Waals surface area contributed by atoms with Crippen LogP contribution in [0.1, 0.15) is 13.3 Å². The number of amides is 1. The zero-order valence-electron chi connectivity index (χ0n) is 8.50. The van der Waals surface area contributed by atoms with Gasteiger partial charge in [0.05, 0.1) is 6.42 Å². The van der Waals surface area contributed by atoms with Crippen LogP contribution in [0, 0.1) is 0 Å². The molecule has 0 rings (SSSR count). The molecule has 0 spiro atoms. The van der Waals surface area contributed by atoms with Crippen molar-refractivity contribution in [2.45, 2.75) is 13.3 Å². The molecule has 0 fully saturated rings. The third-order valence-electron chi connectivity index (χ3n) is 1.41. The molecule has 0 atom stereocenters. The van der Waals surface area contributed by atoms with Crippen molar-refractivity contribution >= 4 is 29.2 Å². The van der Waals surface area contributed by atoms with Gasteiger partial charge in [-0.2, -0.15) is 0 Å². The predicted octanol–water partition coefficient (Wildman–Crippen LogP) is -0.939. The third kappa shape index (κ3) is 10.6. The van der Waals surface area contributed by atoms with Crippen LogP contribution in [0.15, 0.2) is 0 Å². The first-order chi connectivity index (χ1) is 7.02. The van der Waals surface area contributed by atoms with Gasteiger partial charge in [0.2, 0.25) is 5.91 Å². The van der Waals surface area contributed by atoms with Crippen LogP contribution in [0.5, 0.6) is 0 Å². The lowest BCUT2D eigenvalue weighted by Crippen LogP contribution is -2.40. The Hall–Kier alpha value is -1.37. The Bertz CT molecular complexity index is 245. The second kappa shape index (κ2) is 7.98. The first kappa shape index (κ1) is 13.6. The summed E-state index contributed by atoms with van der Waals surface area (Å²) in [6.45, 7) is 2.72. The minimum Gasteiger partial charge on any atom is -0.481 e. The number of carbonyl (C=O) groups is 2. The van der Waals surface area contributed by atoms with Crippen molar-refractivity contribution < 1.29 is 14.7 Å². The fourth-order valence-corrected chi connectivity index (χ4v) is 0.964. The van der Waals surface area contributed by atoms with E-state index in [-0.39, 0.29) is 12.3 Å². The molecule has 0 aliphatic heterocycles. The van der Waals surface area contributed by atoms with E-state index in [4.69, 9.17) is 17.3 Å². The molecule has 0 radical (unpaired) electrons. The molecule has 0 aromatic rings. The molecule has 7 heteroatoms. The second-order valence-corrected chi connectivity index (χ2v) is 3.22. The second-order valence-electron chi connectivity index (χ2n) is 2.81. The first-order valence-electron chi connectivity index (χ1n) is 4.50. The summed E-state index contributed by atoms with van der Waals surface area (Å²) < 4.78 is 0. The van der Waals surface area contributed by atoms with E-state index < -0.39 is 5.97 Å². The van der Waals surface area contributed by atoms with Gasteiger partial charge in [0.15, 0.2) is 5.11 Å². The van der Waals surface area contributed by atoms with Crippen molar-refractivity contribution in [3.05, 3.63) is 0 Å². The molecule has 0 saturated heterocycles. The zero-order valence-corrected chi connectivity index (χ0v) is 9.32. The summed E-state index contributed by atoms with van der Waals surface area (Å²) in [5, 5.41) is 16.9. The van der Waals surface area contributed by atoms with Crippen LogP contribution in [-0.2, 0) is 9.59 Å². The largest absolute Gasteiger partial charge is 0.481 e. The van der Waals surface area contributed by atoms with Gasteiger partial charge in [-0.15, -0.1) is 0 Å². The number of hydrogen-bond acceptors (Lipinski definition) is 3. The summed E-state index contributed by atoms with van der Waals surface area (Å²) in [4.78, 5) is 20.6. The Labute approximate surface area is 93.4 Å². The highest BCUT2D eigenvalue weighted by atomic mass is 32.1. The maximum atomic E-state index is 10.5. The molecule has 0 aliphatic rings. The lowest BCUT2D eigenvalue weighted by atomic mass is 10.4. The number of carbonyl (C=O) groups excluding carboxylic acids is 1. The molecule has 0 heterocycles. The fraction of sp³-hybridized carbons (Fsp3) is 0.625. The van der Waals surface area contributed by atoms with Crippen molar-refractivity contribution in [2.75, 3.05) is 19.6 Å². The average molecular weight is 233 g/mol. The normalized spacial score (nSPS) is 9.13. The maximum absolute atomic E-state index is 10.5. The van der Waals surface area contributed by atoms with Crippen LogP contribution >= 0.6 is 12.2 Å². The standard InChI is InChI=1S/C8H15N3O3S/c1-6(12)9-4-5-11-8(15)10-3-2-7(13)14/h2-5H2,1H3,(H,9,12)(H,13,14)(H2,10,11,15). The van der Waals surface area contributed by atoms with Crippen molar-refractivity contribution in [1.29, 1.82) is 0 Å². The Morgan fingerprint density at radius 3 is 2.20 bits per heavy atom. The number of carboxylic acids is 1. The molecule has 0 saturated carbocycles. The van der Waals surface area contributed by atoms with E-state index >= 15 is 0 Å². The van der Waals surface area contributed by atoms with Crippen LogP contribution in [0.2, 0.25) is 0 Å². The summed E-state index contributed by atoms with van der Waals surface area (Å²) in [7, 11) is 0.